The molecule has 5 nitrogen and oxygen atoms in total. The van der Waals surface area contributed by atoms with Crippen molar-refractivity contribution in [3.8, 4) is 5.75 Å². The standard InChI is InChI=1S/C23H29ClN2O3/c1-5-17(3)25-23(28)18(4)26(14-19-10-8-9-16(2)13-19)22(27)15-29-21-12-7-6-11-20(21)24/h6-13,17-18H,5,14-15H2,1-4H3,(H,25,28)/t17-,18-/m1/s1. The molecule has 0 aromatic heterocycles. The summed E-state index contributed by atoms with van der Waals surface area (Å²) in [5.74, 6) is -0.0222. The summed E-state index contributed by atoms with van der Waals surface area (Å²) in [6.45, 7) is 7.80. The molecule has 0 unspecified atom stereocenters. The summed E-state index contributed by atoms with van der Waals surface area (Å²) in [5.41, 5.74) is 2.05. The number of rotatable bonds is 9. The summed E-state index contributed by atoms with van der Waals surface area (Å²) < 4.78 is 5.62. The third kappa shape index (κ3) is 6.79. The normalized spacial score (nSPS) is 12.7. The Morgan fingerprint density at radius 2 is 1.86 bits per heavy atom. The SMILES string of the molecule is CC[C@@H](C)NC(=O)[C@@H](C)N(Cc1cccc(C)c1)C(=O)COc1ccccc1Cl. The molecule has 0 aliphatic carbocycles. The highest BCUT2D eigenvalue weighted by molar-refractivity contribution is 6.32. The van der Waals surface area contributed by atoms with Crippen LogP contribution in [0.4, 0.5) is 0 Å². The highest BCUT2D eigenvalue weighted by Gasteiger charge is 2.27. The molecule has 2 aromatic rings. The van der Waals surface area contributed by atoms with Crippen LogP contribution in [0, 0.1) is 6.92 Å². The first-order chi connectivity index (χ1) is 13.8. The molecule has 0 aliphatic heterocycles. The maximum absolute atomic E-state index is 13.0. The topological polar surface area (TPSA) is 58.6 Å². The Hall–Kier alpha value is -2.53. The summed E-state index contributed by atoms with van der Waals surface area (Å²) in [4.78, 5) is 27.2. The Morgan fingerprint density at radius 1 is 1.14 bits per heavy atom. The Labute approximate surface area is 178 Å². The van der Waals surface area contributed by atoms with Crippen LogP contribution in [-0.4, -0.2) is 35.4 Å². The number of carbonyl (C=O) groups is 2. The van der Waals surface area contributed by atoms with E-state index in [9.17, 15) is 9.59 Å². The third-order valence-electron chi connectivity index (χ3n) is 4.79. The van der Waals surface area contributed by atoms with Crippen LogP contribution in [0.1, 0.15) is 38.3 Å². The number of benzene rings is 2. The van der Waals surface area contributed by atoms with Crippen molar-refractivity contribution in [3.05, 3.63) is 64.7 Å². The predicted octanol–water partition coefficient (Wildman–Crippen LogP) is 4.36. The molecule has 0 heterocycles. The van der Waals surface area contributed by atoms with Crippen molar-refractivity contribution in [2.75, 3.05) is 6.61 Å². The number of carbonyl (C=O) groups excluding carboxylic acids is 2. The molecule has 0 aliphatic rings. The van der Waals surface area contributed by atoms with Gasteiger partial charge in [0.25, 0.3) is 5.91 Å². The van der Waals surface area contributed by atoms with Gasteiger partial charge in [0.1, 0.15) is 11.8 Å². The van der Waals surface area contributed by atoms with E-state index in [1.54, 1.807) is 36.1 Å². The van der Waals surface area contributed by atoms with Gasteiger partial charge in [-0.2, -0.15) is 0 Å². The number of aryl methyl sites for hydroxylation is 1. The summed E-state index contributed by atoms with van der Waals surface area (Å²) in [5, 5.41) is 3.39. The molecule has 0 fully saturated rings. The van der Waals surface area contributed by atoms with Crippen LogP contribution in [0.25, 0.3) is 0 Å². The van der Waals surface area contributed by atoms with E-state index >= 15 is 0 Å². The molecular weight excluding hydrogens is 388 g/mol. The Morgan fingerprint density at radius 3 is 2.52 bits per heavy atom. The molecule has 2 amide bonds. The van der Waals surface area contributed by atoms with Crippen molar-refractivity contribution in [3.63, 3.8) is 0 Å². The van der Waals surface area contributed by atoms with Crippen molar-refractivity contribution in [1.82, 2.24) is 10.2 Å². The average molecular weight is 417 g/mol. The van der Waals surface area contributed by atoms with Crippen LogP contribution in [0.3, 0.4) is 0 Å². The van der Waals surface area contributed by atoms with Crippen molar-refractivity contribution in [2.45, 2.75) is 52.7 Å². The lowest BCUT2D eigenvalue weighted by atomic mass is 10.1. The van der Waals surface area contributed by atoms with Gasteiger partial charge in [0.05, 0.1) is 5.02 Å². The molecule has 2 atom stereocenters. The predicted molar refractivity (Wildman–Crippen MR) is 116 cm³/mol. The molecule has 0 saturated carbocycles. The van der Waals surface area contributed by atoms with Gasteiger partial charge < -0.3 is 15.0 Å². The Bertz CT molecular complexity index is 840. The molecule has 29 heavy (non-hydrogen) atoms. The van der Waals surface area contributed by atoms with Crippen molar-refractivity contribution in [2.24, 2.45) is 0 Å². The first-order valence-electron chi connectivity index (χ1n) is 9.84. The highest BCUT2D eigenvalue weighted by Crippen LogP contribution is 2.23. The Kier molecular flexibility index (Phi) is 8.52. The zero-order valence-electron chi connectivity index (χ0n) is 17.4. The lowest BCUT2D eigenvalue weighted by Gasteiger charge is -2.29. The minimum absolute atomic E-state index is 0.0419. The number of hydrogen-bond acceptors (Lipinski definition) is 3. The largest absolute Gasteiger partial charge is 0.482 e. The van der Waals surface area contributed by atoms with Crippen LogP contribution in [0.15, 0.2) is 48.5 Å². The fraction of sp³-hybridized carbons (Fsp3) is 0.391. The van der Waals surface area contributed by atoms with Gasteiger partial charge in [-0.3, -0.25) is 9.59 Å². The number of nitrogens with zero attached hydrogens (tertiary/aromatic N) is 1. The molecule has 2 rings (SSSR count). The van der Waals surface area contributed by atoms with Gasteiger partial charge in [0, 0.05) is 12.6 Å². The van der Waals surface area contributed by atoms with Crippen LogP contribution in [0.5, 0.6) is 5.75 Å². The van der Waals surface area contributed by atoms with Crippen LogP contribution < -0.4 is 10.1 Å². The highest BCUT2D eigenvalue weighted by atomic mass is 35.5. The zero-order chi connectivity index (χ0) is 21.4. The average Bonchev–Trinajstić information content (AvgIpc) is 2.70. The van der Waals surface area contributed by atoms with Crippen LogP contribution in [-0.2, 0) is 16.1 Å². The fourth-order valence-electron chi connectivity index (χ4n) is 2.84. The molecule has 0 saturated heterocycles. The third-order valence-corrected chi connectivity index (χ3v) is 5.10. The summed E-state index contributed by atoms with van der Waals surface area (Å²) in [6, 6.07) is 14.3. The first kappa shape index (κ1) is 22.8. The number of nitrogens with one attached hydrogen (secondary N) is 1. The van der Waals surface area contributed by atoms with Crippen LogP contribution >= 0.6 is 11.6 Å². The summed E-state index contributed by atoms with van der Waals surface area (Å²) in [7, 11) is 0. The number of halogens is 1. The van der Waals surface area contributed by atoms with E-state index in [1.807, 2.05) is 45.0 Å². The van der Waals surface area contributed by atoms with Crippen LogP contribution in [0.2, 0.25) is 5.02 Å². The lowest BCUT2D eigenvalue weighted by molar-refractivity contribution is -0.142. The maximum atomic E-state index is 13.0. The van der Waals surface area contributed by atoms with Gasteiger partial charge in [-0.1, -0.05) is 60.5 Å². The molecule has 1 N–H and O–H groups in total. The van der Waals surface area contributed by atoms with E-state index < -0.39 is 6.04 Å². The second kappa shape index (κ2) is 10.9. The maximum Gasteiger partial charge on any atom is 0.261 e. The van der Waals surface area contributed by atoms with E-state index in [-0.39, 0.29) is 24.5 Å². The van der Waals surface area contributed by atoms with Gasteiger partial charge in [-0.05, 0) is 44.9 Å². The quantitative estimate of drug-likeness (QED) is 0.660. The second-order valence-corrected chi connectivity index (χ2v) is 7.63. The number of amides is 2. The van der Waals surface area contributed by atoms with Crippen molar-refractivity contribution >= 4 is 23.4 Å². The van der Waals surface area contributed by atoms with E-state index in [2.05, 4.69) is 5.32 Å². The minimum Gasteiger partial charge on any atom is -0.482 e. The van der Waals surface area contributed by atoms with Crippen molar-refractivity contribution < 1.29 is 14.3 Å². The van der Waals surface area contributed by atoms with Gasteiger partial charge in [0.15, 0.2) is 6.61 Å². The van der Waals surface area contributed by atoms with Gasteiger partial charge in [0.2, 0.25) is 5.91 Å². The second-order valence-electron chi connectivity index (χ2n) is 7.22. The molecule has 0 spiro atoms. The number of hydrogen-bond donors (Lipinski definition) is 1. The molecule has 2 aromatic carbocycles. The molecular formula is C23H29ClN2O3. The van der Waals surface area contributed by atoms with Gasteiger partial charge in [-0.25, -0.2) is 0 Å². The van der Waals surface area contributed by atoms with Gasteiger partial charge >= 0.3 is 0 Å². The van der Waals surface area contributed by atoms with Crippen molar-refractivity contribution in [1.29, 1.82) is 0 Å². The molecule has 0 radical (unpaired) electrons. The number of para-hydroxylation sites is 1. The zero-order valence-corrected chi connectivity index (χ0v) is 18.2. The van der Waals surface area contributed by atoms with E-state index in [0.717, 1.165) is 17.5 Å². The fourth-order valence-corrected chi connectivity index (χ4v) is 3.03. The summed E-state index contributed by atoms with van der Waals surface area (Å²) >= 11 is 6.11. The Balaban J connectivity index is 2.17. The molecule has 6 heteroatoms. The molecule has 0 bridgehead atoms. The van der Waals surface area contributed by atoms with E-state index in [1.165, 1.54) is 0 Å². The van der Waals surface area contributed by atoms with Gasteiger partial charge in [-0.15, -0.1) is 0 Å². The smallest absolute Gasteiger partial charge is 0.261 e. The number of ether oxygens (including phenoxy) is 1. The van der Waals surface area contributed by atoms with E-state index in [0.29, 0.717) is 17.3 Å². The van der Waals surface area contributed by atoms with E-state index in [4.69, 9.17) is 16.3 Å². The first-order valence-corrected chi connectivity index (χ1v) is 10.2. The summed E-state index contributed by atoms with van der Waals surface area (Å²) in [6.07, 6.45) is 0.819. The molecule has 156 valence electrons. The minimum atomic E-state index is -0.633. The lowest BCUT2D eigenvalue weighted by Crippen LogP contribution is -2.50. The monoisotopic (exact) mass is 416 g/mol.